The number of nitrogens with zero attached hydrogens (tertiary/aromatic N) is 3. The van der Waals surface area contributed by atoms with Crippen LogP contribution in [0.3, 0.4) is 0 Å². The molecule has 1 heterocycles. The van der Waals surface area contributed by atoms with Gasteiger partial charge in [0.15, 0.2) is 0 Å². The Bertz CT molecular complexity index is 300. The molecule has 0 aliphatic rings. The number of hydrogen-bond acceptors (Lipinski definition) is 5. The van der Waals surface area contributed by atoms with Crippen LogP contribution in [0.25, 0.3) is 0 Å². The monoisotopic (exact) mass is 209 g/mol. The Kier molecular flexibility index (Phi) is 4.30. The number of nitrogen functional groups attached to an aromatic ring is 1. The standard InChI is InChI=1S/C10H19N5/c1-8(2)15(3)5-4-13-10-7-12-6-9(11)14-10/h6-8H,4-5H2,1-3H3,(H3,11,13,14). The molecule has 5 heteroatoms. The summed E-state index contributed by atoms with van der Waals surface area (Å²) in [6.45, 7) is 6.14. The maximum Gasteiger partial charge on any atom is 0.146 e. The summed E-state index contributed by atoms with van der Waals surface area (Å²) in [6.07, 6.45) is 3.21. The molecule has 84 valence electrons. The molecule has 0 amide bonds. The third-order valence-electron chi connectivity index (χ3n) is 2.31. The highest BCUT2D eigenvalue weighted by molar-refractivity contribution is 5.38. The van der Waals surface area contributed by atoms with Crippen LogP contribution in [0.4, 0.5) is 11.6 Å². The van der Waals surface area contributed by atoms with Crippen molar-refractivity contribution in [3.05, 3.63) is 12.4 Å². The summed E-state index contributed by atoms with van der Waals surface area (Å²) < 4.78 is 0. The number of anilines is 2. The molecule has 1 aromatic heterocycles. The van der Waals surface area contributed by atoms with Crippen LogP contribution in [0, 0.1) is 0 Å². The predicted molar refractivity (Wildman–Crippen MR) is 62.7 cm³/mol. The molecule has 5 nitrogen and oxygen atoms in total. The van der Waals surface area contributed by atoms with Gasteiger partial charge in [-0.1, -0.05) is 0 Å². The molecule has 0 saturated carbocycles. The number of nitrogens with one attached hydrogen (secondary N) is 1. The van der Waals surface area contributed by atoms with Crippen LogP contribution in [0.5, 0.6) is 0 Å². The van der Waals surface area contributed by atoms with Gasteiger partial charge < -0.3 is 16.0 Å². The molecule has 0 aromatic carbocycles. The summed E-state index contributed by atoms with van der Waals surface area (Å²) >= 11 is 0. The van der Waals surface area contributed by atoms with E-state index in [2.05, 4.69) is 41.1 Å². The van der Waals surface area contributed by atoms with Gasteiger partial charge in [0.1, 0.15) is 11.6 Å². The van der Waals surface area contributed by atoms with Crippen molar-refractivity contribution < 1.29 is 0 Å². The van der Waals surface area contributed by atoms with Crippen molar-refractivity contribution in [2.45, 2.75) is 19.9 Å². The van der Waals surface area contributed by atoms with Crippen LogP contribution in [0.15, 0.2) is 12.4 Å². The fourth-order valence-corrected chi connectivity index (χ4v) is 1.08. The first-order chi connectivity index (χ1) is 7.09. The van der Waals surface area contributed by atoms with Crippen LogP contribution in [0.1, 0.15) is 13.8 Å². The average molecular weight is 209 g/mol. The Morgan fingerprint density at radius 3 is 2.80 bits per heavy atom. The van der Waals surface area contributed by atoms with E-state index in [0.29, 0.717) is 11.9 Å². The summed E-state index contributed by atoms with van der Waals surface area (Å²) in [5.74, 6) is 1.17. The minimum Gasteiger partial charge on any atom is -0.382 e. The lowest BCUT2D eigenvalue weighted by atomic mass is 10.3. The lowest BCUT2D eigenvalue weighted by Gasteiger charge is -2.20. The number of likely N-dealkylation sites (N-methyl/N-ethyl adjacent to an activating group) is 1. The van der Waals surface area contributed by atoms with Gasteiger partial charge in [-0.25, -0.2) is 4.98 Å². The molecular formula is C10H19N5. The zero-order valence-corrected chi connectivity index (χ0v) is 9.57. The van der Waals surface area contributed by atoms with E-state index in [-0.39, 0.29) is 0 Å². The molecule has 0 aliphatic heterocycles. The van der Waals surface area contributed by atoms with Gasteiger partial charge in [-0.15, -0.1) is 0 Å². The lowest BCUT2D eigenvalue weighted by Crippen LogP contribution is -2.31. The van der Waals surface area contributed by atoms with E-state index in [1.807, 2.05) is 0 Å². The molecule has 1 rings (SSSR count). The largest absolute Gasteiger partial charge is 0.382 e. The predicted octanol–water partition coefficient (Wildman–Crippen LogP) is 0.811. The Balaban J connectivity index is 2.32. The van der Waals surface area contributed by atoms with Gasteiger partial charge in [0.2, 0.25) is 0 Å². The zero-order chi connectivity index (χ0) is 11.3. The number of rotatable bonds is 5. The van der Waals surface area contributed by atoms with Gasteiger partial charge in [0.05, 0.1) is 12.4 Å². The van der Waals surface area contributed by atoms with Crippen molar-refractivity contribution in [3.63, 3.8) is 0 Å². The van der Waals surface area contributed by atoms with E-state index in [0.717, 1.165) is 18.9 Å². The molecule has 3 N–H and O–H groups in total. The van der Waals surface area contributed by atoms with Crippen LogP contribution in [-0.4, -0.2) is 41.0 Å². The second-order valence-corrected chi connectivity index (χ2v) is 3.83. The Morgan fingerprint density at radius 2 is 2.20 bits per heavy atom. The average Bonchev–Trinajstić information content (AvgIpc) is 2.17. The fourth-order valence-electron chi connectivity index (χ4n) is 1.08. The van der Waals surface area contributed by atoms with E-state index in [1.54, 1.807) is 6.20 Å². The summed E-state index contributed by atoms with van der Waals surface area (Å²) in [6, 6.07) is 0.554. The number of aromatic nitrogens is 2. The molecule has 0 aliphatic carbocycles. The van der Waals surface area contributed by atoms with Crippen LogP contribution in [0.2, 0.25) is 0 Å². The van der Waals surface area contributed by atoms with Crippen LogP contribution >= 0.6 is 0 Å². The zero-order valence-electron chi connectivity index (χ0n) is 9.57. The smallest absolute Gasteiger partial charge is 0.146 e. The van der Waals surface area contributed by atoms with E-state index >= 15 is 0 Å². The quantitative estimate of drug-likeness (QED) is 0.751. The van der Waals surface area contributed by atoms with Crippen molar-refractivity contribution in [1.82, 2.24) is 14.9 Å². The highest BCUT2D eigenvalue weighted by Gasteiger charge is 2.02. The van der Waals surface area contributed by atoms with E-state index < -0.39 is 0 Å². The Labute approximate surface area is 90.7 Å². The molecule has 15 heavy (non-hydrogen) atoms. The van der Waals surface area contributed by atoms with E-state index in [4.69, 9.17) is 5.73 Å². The van der Waals surface area contributed by atoms with Crippen molar-refractivity contribution in [1.29, 1.82) is 0 Å². The van der Waals surface area contributed by atoms with Crippen molar-refractivity contribution in [2.75, 3.05) is 31.2 Å². The van der Waals surface area contributed by atoms with Gasteiger partial charge in [0, 0.05) is 19.1 Å². The van der Waals surface area contributed by atoms with Crippen LogP contribution in [-0.2, 0) is 0 Å². The minimum absolute atomic E-state index is 0.442. The first kappa shape index (κ1) is 11.7. The SMILES string of the molecule is CC(C)N(C)CCNc1cncc(N)n1. The molecule has 0 saturated heterocycles. The van der Waals surface area contributed by atoms with Gasteiger partial charge >= 0.3 is 0 Å². The molecule has 1 aromatic rings. The summed E-state index contributed by atoms with van der Waals surface area (Å²) in [7, 11) is 2.09. The maximum absolute atomic E-state index is 5.51. The molecule has 0 atom stereocenters. The normalized spacial score (nSPS) is 11.0. The minimum atomic E-state index is 0.442. The molecule has 0 spiro atoms. The maximum atomic E-state index is 5.51. The van der Waals surface area contributed by atoms with Gasteiger partial charge in [-0.2, -0.15) is 0 Å². The second-order valence-electron chi connectivity index (χ2n) is 3.83. The van der Waals surface area contributed by atoms with Gasteiger partial charge in [-0.05, 0) is 20.9 Å². The van der Waals surface area contributed by atoms with Crippen LogP contribution < -0.4 is 11.1 Å². The van der Waals surface area contributed by atoms with E-state index in [1.165, 1.54) is 6.20 Å². The number of hydrogen-bond donors (Lipinski definition) is 2. The fraction of sp³-hybridized carbons (Fsp3) is 0.600. The highest BCUT2D eigenvalue weighted by atomic mass is 15.1. The summed E-state index contributed by atoms with van der Waals surface area (Å²) in [5, 5.41) is 3.18. The number of nitrogens with two attached hydrogens (primary N) is 1. The Morgan fingerprint density at radius 1 is 1.47 bits per heavy atom. The highest BCUT2D eigenvalue weighted by Crippen LogP contribution is 2.02. The summed E-state index contributed by atoms with van der Waals surface area (Å²) in [5.41, 5.74) is 5.51. The lowest BCUT2D eigenvalue weighted by molar-refractivity contribution is 0.284. The molecular weight excluding hydrogens is 190 g/mol. The third kappa shape index (κ3) is 4.12. The van der Waals surface area contributed by atoms with Crippen molar-refractivity contribution in [3.8, 4) is 0 Å². The third-order valence-corrected chi connectivity index (χ3v) is 2.31. The van der Waals surface area contributed by atoms with Gasteiger partial charge in [0.25, 0.3) is 0 Å². The second kappa shape index (κ2) is 5.50. The molecule has 0 radical (unpaired) electrons. The first-order valence-electron chi connectivity index (χ1n) is 5.11. The van der Waals surface area contributed by atoms with Crippen molar-refractivity contribution in [2.24, 2.45) is 0 Å². The molecule has 0 unspecified atom stereocenters. The molecule has 0 bridgehead atoms. The molecule has 0 fully saturated rings. The summed E-state index contributed by atoms with van der Waals surface area (Å²) in [4.78, 5) is 10.3. The van der Waals surface area contributed by atoms with E-state index in [9.17, 15) is 0 Å². The first-order valence-corrected chi connectivity index (χ1v) is 5.11. The van der Waals surface area contributed by atoms with Gasteiger partial charge in [-0.3, -0.25) is 4.98 Å². The van der Waals surface area contributed by atoms with Crippen molar-refractivity contribution >= 4 is 11.6 Å². The Hall–Kier alpha value is -1.36. The topological polar surface area (TPSA) is 67.1 Å².